The minimum atomic E-state index is -3.50. The maximum absolute atomic E-state index is 13.7. The molecule has 0 bridgehead atoms. The number of carbonyl (C=O) groups excluding carboxylic acids is 2. The average molecular weight is 513 g/mol. The normalized spacial score (nSPS) is 21.9. The van der Waals surface area contributed by atoms with E-state index in [1.807, 2.05) is 0 Å². The SMILES string of the molecule is CCOC(=O)[C@@H](C)NP(=O)(COCCn1cnc2c(=O)[nH]c(N)nc21)NC1C[C@@]1(C)C(=O)OCC. The van der Waals surface area contributed by atoms with Crippen LogP contribution in [0, 0.1) is 5.41 Å². The highest BCUT2D eigenvalue weighted by molar-refractivity contribution is 7.59. The number of ether oxygens (including phenoxy) is 3. The Hall–Kier alpha value is -2.80. The minimum Gasteiger partial charge on any atom is -0.466 e. The van der Waals surface area contributed by atoms with Gasteiger partial charge < -0.3 is 24.5 Å². The predicted octanol–water partition coefficient (Wildman–Crippen LogP) is 0.342. The van der Waals surface area contributed by atoms with E-state index in [0.29, 0.717) is 12.1 Å². The minimum absolute atomic E-state index is 0.0369. The lowest BCUT2D eigenvalue weighted by atomic mass is 10.1. The van der Waals surface area contributed by atoms with E-state index in [1.165, 1.54) is 13.3 Å². The fraction of sp³-hybridized carbons (Fsp3) is 0.650. The van der Waals surface area contributed by atoms with E-state index in [0.717, 1.165) is 0 Å². The van der Waals surface area contributed by atoms with Crippen molar-refractivity contribution in [1.82, 2.24) is 29.7 Å². The zero-order valence-electron chi connectivity index (χ0n) is 20.2. The molecule has 15 heteroatoms. The van der Waals surface area contributed by atoms with Crippen molar-refractivity contribution in [3.8, 4) is 0 Å². The highest BCUT2D eigenvalue weighted by Crippen LogP contribution is 2.52. The van der Waals surface area contributed by atoms with Crippen molar-refractivity contribution >= 4 is 36.5 Å². The molecule has 35 heavy (non-hydrogen) atoms. The monoisotopic (exact) mass is 513 g/mol. The third-order valence-electron chi connectivity index (χ3n) is 5.63. The number of H-pyrrole nitrogens is 1. The standard InChI is InChI=1S/C20H32N7O7P/c1-5-33-17(29)12(3)25-35(31,26-13-9-20(13,4)18(30)34-6-2)11-32-8-7-27-10-22-14-15(27)23-19(21)24-16(14)28/h10,12-13H,5-9,11H2,1-4H3,(H2,25,26,31)(H3,21,23,24,28)/t12-,13?,20-,35?/m1/s1. The van der Waals surface area contributed by atoms with E-state index in [4.69, 9.17) is 19.9 Å². The lowest BCUT2D eigenvalue weighted by Crippen LogP contribution is -2.39. The number of anilines is 1. The van der Waals surface area contributed by atoms with Gasteiger partial charge in [0.1, 0.15) is 12.4 Å². The first-order valence-electron chi connectivity index (χ1n) is 11.3. The van der Waals surface area contributed by atoms with Crippen LogP contribution < -0.4 is 21.5 Å². The van der Waals surface area contributed by atoms with Crippen molar-refractivity contribution in [2.45, 2.75) is 52.7 Å². The van der Waals surface area contributed by atoms with E-state index in [1.54, 1.807) is 25.3 Å². The van der Waals surface area contributed by atoms with E-state index >= 15 is 0 Å². The van der Waals surface area contributed by atoms with Gasteiger partial charge >= 0.3 is 11.9 Å². The molecule has 0 amide bonds. The lowest BCUT2D eigenvalue weighted by molar-refractivity contribution is -0.149. The van der Waals surface area contributed by atoms with Crippen molar-refractivity contribution in [2.75, 3.05) is 31.9 Å². The third-order valence-corrected chi connectivity index (χ3v) is 7.71. The van der Waals surface area contributed by atoms with E-state index in [9.17, 15) is 18.9 Å². The molecule has 14 nitrogen and oxygen atoms in total. The van der Waals surface area contributed by atoms with Crippen molar-refractivity contribution in [2.24, 2.45) is 5.41 Å². The lowest BCUT2D eigenvalue weighted by Gasteiger charge is -2.25. The molecule has 0 radical (unpaired) electrons. The van der Waals surface area contributed by atoms with Gasteiger partial charge in [0.25, 0.3) is 5.56 Å². The molecule has 0 saturated heterocycles. The number of nitrogens with zero attached hydrogens (tertiary/aromatic N) is 3. The zero-order chi connectivity index (χ0) is 25.8. The van der Waals surface area contributed by atoms with Gasteiger partial charge in [-0.2, -0.15) is 4.98 Å². The van der Waals surface area contributed by atoms with Gasteiger partial charge in [-0.1, -0.05) is 0 Å². The topological polar surface area (TPSA) is 193 Å². The summed E-state index contributed by atoms with van der Waals surface area (Å²) in [7, 11) is -3.50. The molecule has 0 aliphatic heterocycles. The highest BCUT2D eigenvalue weighted by atomic mass is 31.2. The van der Waals surface area contributed by atoms with Crippen LogP contribution in [0.1, 0.15) is 34.1 Å². The van der Waals surface area contributed by atoms with Crippen LogP contribution in [0.5, 0.6) is 0 Å². The molecule has 1 fully saturated rings. The molecule has 2 unspecified atom stereocenters. The molecule has 2 aromatic heterocycles. The molecule has 0 spiro atoms. The molecule has 3 rings (SSSR count). The molecule has 1 saturated carbocycles. The number of carbonyl (C=O) groups is 2. The summed E-state index contributed by atoms with van der Waals surface area (Å²) < 4.78 is 31.1. The van der Waals surface area contributed by atoms with Gasteiger partial charge in [-0.3, -0.25) is 23.9 Å². The summed E-state index contributed by atoms with van der Waals surface area (Å²) in [6.45, 7) is 7.44. The van der Waals surface area contributed by atoms with E-state index < -0.39 is 36.5 Å². The number of esters is 2. The van der Waals surface area contributed by atoms with Crippen molar-refractivity contribution < 1.29 is 28.4 Å². The molecule has 4 atom stereocenters. The van der Waals surface area contributed by atoms with Gasteiger partial charge in [0.05, 0.1) is 31.6 Å². The summed E-state index contributed by atoms with van der Waals surface area (Å²) in [5.74, 6) is -0.973. The Kier molecular flexibility index (Phi) is 8.31. The van der Waals surface area contributed by atoms with E-state index in [2.05, 4.69) is 25.1 Å². The van der Waals surface area contributed by atoms with Gasteiger partial charge in [0.15, 0.2) is 11.2 Å². The first kappa shape index (κ1) is 26.8. The second-order valence-corrected chi connectivity index (χ2v) is 10.7. The van der Waals surface area contributed by atoms with Gasteiger partial charge in [0.2, 0.25) is 13.4 Å². The predicted molar refractivity (Wildman–Crippen MR) is 126 cm³/mol. The Labute approximate surface area is 201 Å². The summed E-state index contributed by atoms with van der Waals surface area (Å²) in [6, 6.07) is -1.28. The van der Waals surface area contributed by atoms with Crippen LogP contribution in [-0.2, 0) is 34.9 Å². The molecule has 1 aliphatic carbocycles. The van der Waals surface area contributed by atoms with Crippen molar-refractivity contribution in [3.63, 3.8) is 0 Å². The average Bonchev–Trinajstić information content (AvgIpc) is 3.25. The smallest absolute Gasteiger partial charge is 0.323 e. The van der Waals surface area contributed by atoms with Crippen LogP contribution in [0.15, 0.2) is 11.1 Å². The number of nitrogens with two attached hydrogens (primary N) is 1. The fourth-order valence-electron chi connectivity index (χ4n) is 3.56. The molecule has 2 heterocycles. The second kappa shape index (κ2) is 10.9. The van der Waals surface area contributed by atoms with Crippen LogP contribution in [-0.4, -0.2) is 69.7 Å². The molecule has 194 valence electrons. The summed E-state index contributed by atoms with van der Waals surface area (Å²) in [4.78, 5) is 46.8. The number of aromatic amines is 1. The summed E-state index contributed by atoms with van der Waals surface area (Å²) >= 11 is 0. The van der Waals surface area contributed by atoms with Crippen molar-refractivity contribution in [3.05, 3.63) is 16.7 Å². The summed E-state index contributed by atoms with van der Waals surface area (Å²) in [5, 5.41) is 5.78. The molecule has 0 aromatic carbocycles. The largest absolute Gasteiger partial charge is 0.466 e. The molecule has 2 aromatic rings. The maximum Gasteiger partial charge on any atom is 0.323 e. The Bertz CT molecular complexity index is 1180. The summed E-state index contributed by atoms with van der Waals surface area (Å²) in [6.07, 6.45) is 1.60. The summed E-state index contributed by atoms with van der Waals surface area (Å²) in [5.41, 5.74) is 4.79. The first-order chi connectivity index (χ1) is 16.5. The number of hydrogen-bond donors (Lipinski definition) is 4. The Morgan fingerprint density at radius 1 is 1.37 bits per heavy atom. The Morgan fingerprint density at radius 3 is 2.77 bits per heavy atom. The maximum atomic E-state index is 13.7. The number of fused-ring (bicyclic) bond motifs is 1. The van der Waals surface area contributed by atoms with Crippen LogP contribution in [0.4, 0.5) is 5.95 Å². The van der Waals surface area contributed by atoms with Gasteiger partial charge in [0, 0.05) is 12.6 Å². The Balaban J connectivity index is 1.65. The van der Waals surface area contributed by atoms with Crippen LogP contribution in [0.2, 0.25) is 0 Å². The second-order valence-electron chi connectivity index (χ2n) is 8.46. The third kappa shape index (κ3) is 6.26. The molecular weight excluding hydrogens is 481 g/mol. The number of nitrogens with one attached hydrogen (secondary N) is 3. The number of imidazole rings is 1. The quantitative estimate of drug-likeness (QED) is 0.163. The molecular formula is C20H32N7O7P. The van der Waals surface area contributed by atoms with Gasteiger partial charge in [-0.05, 0) is 34.1 Å². The molecule has 1 aliphatic rings. The number of aromatic nitrogens is 4. The zero-order valence-corrected chi connectivity index (χ0v) is 21.1. The number of rotatable bonds is 13. The van der Waals surface area contributed by atoms with E-state index in [-0.39, 0.29) is 50.1 Å². The molecule has 5 N–H and O–H groups in total. The number of nitrogen functional groups attached to an aromatic ring is 1. The first-order valence-corrected chi connectivity index (χ1v) is 13.2. The Morgan fingerprint density at radius 2 is 2.09 bits per heavy atom. The number of hydrogen-bond acceptors (Lipinski definition) is 10. The fourth-order valence-corrected chi connectivity index (χ4v) is 5.78. The van der Waals surface area contributed by atoms with Crippen LogP contribution >= 0.6 is 7.44 Å². The van der Waals surface area contributed by atoms with Gasteiger partial charge in [-0.15, -0.1) is 0 Å². The van der Waals surface area contributed by atoms with Crippen LogP contribution in [0.25, 0.3) is 11.2 Å². The van der Waals surface area contributed by atoms with Gasteiger partial charge in [-0.25, -0.2) is 15.2 Å². The van der Waals surface area contributed by atoms with Crippen LogP contribution in [0.3, 0.4) is 0 Å². The van der Waals surface area contributed by atoms with Crippen molar-refractivity contribution in [1.29, 1.82) is 0 Å². The highest BCUT2D eigenvalue weighted by Gasteiger charge is 2.59.